The lowest BCUT2D eigenvalue weighted by molar-refractivity contribution is -0.115. The minimum Gasteiger partial charge on any atom is -0.352 e. The number of fused-ring (bicyclic) bond motifs is 2. The van der Waals surface area contributed by atoms with E-state index in [1.807, 2.05) is 72.4 Å². The number of hydrogen-bond acceptors (Lipinski definition) is 6. The van der Waals surface area contributed by atoms with E-state index in [9.17, 15) is 4.79 Å². The van der Waals surface area contributed by atoms with Crippen LogP contribution in [0.15, 0.2) is 91.9 Å². The third kappa shape index (κ3) is 4.37. The molecule has 6 heterocycles. The lowest BCUT2D eigenvalue weighted by atomic mass is 10.1. The van der Waals surface area contributed by atoms with Crippen LogP contribution < -0.4 is 5.32 Å². The number of carbonyl (C=O) groups excluding carboxylic acids is 1. The Morgan fingerprint density at radius 2 is 1.85 bits per heavy atom. The molecule has 3 N–H and O–H groups in total. The summed E-state index contributed by atoms with van der Waals surface area (Å²) in [6.07, 6.45) is 11.0. The molecule has 1 aromatic carbocycles. The molecule has 0 aliphatic rings. The van der Waals surface area contributed by atoms with Crippen LogP contribution in [0.25, 0.3) is 50.3 Å². The largest absolute Gasteiger partial charge is 0.352 e. The van der Waals surface area contributed by atoms with E-state index >= 15 is 0 Å². The molecule has 0 unspecified atom stereocenters. The molecule has 0 aliphatic heterocycles. The Bertz CT molecular complexity index is 2000. The van der Waals surface area contributed by atoms with Crippen molar-refractivity contribution in [2.75, 3.05) is 5.32 Å². The van der Waals surface area contributed by atoms with Gasteiger partial charge in [0.05, 0.1) is 70.8 Å². The maximum absolute atomic E-state index is 12.6. The SMILES string of the molecule is Cc1cn(-c2cncc3[nH]c(-c4n[nH]c5ccc(-c6cncc(NC(=O)Cc7ccccc7)c6)nc45)cc23)cn1. The number of H-pyrrole nitrogens is 2. The molecular weight excluding hydrogens is 502 g/mol. The fraction of sp³-hybridized carbons (Fsp3) is 0.0667. The number of anilines is 1. The van der Waals surface area contributed by atoms with Crippen LogP contribution in [0.2, 0.25) is 0 Å². The van der Waals surface area contributed by atoms with Gasteiger partial charge in [0.1, 0.15) is 11.2 Å². The number of pyridine rings is 3. The summed E-state index contributed by atoms with van der Waals surface area (Å²) < 4.78 is 1.96. The molecule has 0 aliphatic carbocycles. The van der Waals surface area contributed by atoms with Crippen molar-refractivity contribution in [1.82, 2.24) is 39.7 Å². The number of amides is 1. The lowest BCUT2D eigenvalue weighted by Gasteiger charge is -2.07. The molecule has 0 saturated heterocycles. The van der Waals surface area contributed by atoms with Crippen LogP contribution in [-0.2, 0) is 11.2 Å². The molecule has 10 nitrogen and oxygen atoms in total. The number of imidazole rings is 1. The predicted octanol–water partition coefficient (Wildman–Crippen LogP) is 5.24. The van der Waals surface area contributed by atoms with Crippen LogP contribution in [0.1, 0.15) is 11.3 Å². The topological polar surface area (TPSA) is 130 Å². The van der Waals surface area contributed by atoms with Gasteiger partial charge in [-0.1, -0.05) is 30.3 Å². The number of benzene rings is 1. The van der Waals surface area contributed by atoms with Crippen LogP contribution >= 0.6 is 0 Å². The van der Waals surface area contributed by atoms with E-state index in [1.54, 1.807) is 24.9 Å². The smallest absolute Gasteiger partial charge is 0.228 e. The van der Waals surface area contributed by atoms with Gasteiger partial charge >= 0.3 is 0 Å². The molecule has 0 bridgehead atoms. The molecule has 7 rings (SSSR count). The fourth-order valence-corrected chi connectivity index (χ4v) is 4.80. The van der Waals surface area contributed by atoms with Crippen molar-refractivity contribution in [3.8, 4) is 28.3 Å². The molecular formula is C30H23N9O. The maximum atomic E-state index is 12.6. The minimum atomic E-state index is -0.107. The summed E-state index contributed by atoms with van der Waals surface area (Å²) in [5.41, 5.74) is 8.83. The highest BCUT2D eigenvalue weighted by atomic mass is 16.1. The third-order valence-corrected chi connectivity index (χ3v) is 6.70. The Kier molecular flexibility index (Phi) is 5.63. The highest BCUT2D eigenvalue weighted by molar-refractivity contribution is 5.97. The van der Waals surface area contributed by atoms with Crippen molar-refractivity contribution in [1.29, 1.82) is 0 Å². The highest BCUT2D eigenvalue weighted by Gasteiger charge is 2.16. The summed E-state index contributed by atoms with van der Waals surface area (Å²) in [6, 6.07) is 17.4. The van der Waals surface area contributed by atoms with Gasteiger partial charge in [-0.2, -0.15) is 5.10 Å². The summed E-state index contributed by atoms with van der Waals surface area (Å²) in [6.45, 7) is 1.95. The molecule has 194 valence electrons. The molecule has 0 saturated carbocycles. The van der Waals surface area contributed by atoms with Crippen LogP contribution in [0.5, 0.6) is 0 Å². The zero-order valence-electron chi connectivity index (χ0n) is 21.5. The van der Waals surface area contributed by atoms with Crippen molar-refractivity contribution >= 4 is 33.5 Å². The molecule has 10 heteroatoms. The van der Waals surface area contributed by atoms with Gasteiger partial charge < -0.3 is 14.9 Å². The van der Waals surface area contributed by atoms with Gasteiger partial charge in [-0.15, -0.1) is 0 Å². The van der Waals surface area contributed by atoms with Crippen LogP contribution in [0, 0.1) is 6.92 Å². The van der Waals surface area contributed by atoms with Crippen molar-refractivity contribution in [3.63, 3.8) is 0 Å². The molecule has 0 fully saturated rings. The maximum Gasteiger partial charge on any atom is 0.228 e. The summed E-state index contributed by atoms with van der Waals surface area (Å²) in [4.78, 5) is 34.0. The Morgan fingerprint density at radius 1 is 0.975 bits per heavy atom. The summed E-state index contributed by atoms with van der Waals surface area (Å²) in [5.74, 6) is -0.107. The number of rotatable bonds is 6. The Labute approximate surface area is 228 Å². The zero-order valence-corrected chi connectivity index (χ0v) is 21.5. The molecule has 0 spiro atoms. The van der Waals surface area contributed by atoms with Gasteiger partial charge in [0, 0.05) is 23.3 Å². The second-order valence-electron chi connectivity index (χ2n) is 9.56. The van der Waals surface area contributed by atoms with Crippen molar-refractivity contribution in [3.05, 3.63) is 103 Å². The van der Waals surface area contributed by atoms with Crippen molar-refractivity contribution in [2.45, 2.75) is 13.3 Å². The summed E-state index contributed by atoms with van der Waals surface area (Å²) in [7, 11) is 0. The van der Waals surface area contributed by atoms with Crippen LogP contribution in [-0.4, -0.2) is 45.6 Å². The molecule has 6 aromatic heterocycles. The first-order valence-electron chi connectivity index (χ1n) is 12.7. The second kappa shape index (κ2) is 9.59. The van der Waals surface area contributed by atoms with E-state index in [4.69, 9.17) is 4.98 Å². The molecule has 1 amide bonds. The first kappa shape index (κ1) is 23.5. The third-order valence-electron chi connectivity index (χ3n) is 6.70. The first-order chi connectivity index (χ1) is 19.6. The van der Waals surface area contributed by atoms with E-state index in [0.29, 0.717) is 17.1 Å². The van der Waals surface area contributed by atoms with E-state index in [-0.39, 0.29) is 12.3 Å². The Balaban J connectivity index is 1.21. The molecule has 0 radical (unpaired) electrons. The number of aromatic amines is 2. The van der Waals surface area contributed by atoms with E-state index in [1.165, 1.54) is 0 Å². The average Bonchev–Trinajstić information content (AvgIpc) is 3.71. The Morgan fingerprint density at radius 3 is 2.70 bits per heavy atom. The highest BCUT2D eigenvalue weighted by Crippen LogP contribution is 2.31. The lowest BCUT2D eigenvalue weighted by Crippen LogP contribution is -2.14. The second-order valence-corrected chi connectivity index (χ2v) is 9.56. The van der Waals surface area contributed by atoms with Crippen LogP contribution in [0.4, 0.5) is 5.69 Å². The number of nitrogens with zero attached hydrogens (tertiary/aromatic N) is 6. The number of aryl methyl sites for hydroxylation is 1. The van der Waals surface area contributed by atoms with Gasteiger partial charge in [-0.25, -0.2) is 9.97 Å². The van der Waals surface area contributed by atoms with Gasteiger partial charge in [-0.3, -0.25) is 19.9 Å². The van der Waals surface area contributed by atoms with Gasteiger partial charge in [0.25, 0.3) is 0 Å². The molecule has 40 heavy (non-hydrogen) atoms. The van der Waals surface area contributed by atoms with E-state index in [2.05, 4.69) is 41.5 Å². The fourth-order valence-electron chi connectivity index (χ4n) is 4.80. The molecule has 7 aromatic rings. The molecule has 0 atom stereocenters. The normalized spacial score (nSPS) is 11.3. The minimum absolute atomic E-state index is 0.107. The number of carbonyl (C=O) groups is 1. The number of aromatic nitrogens is 8. The van der Waals surface area contributed by atoms with Gasteiger partial charge in [-0.05, 0) is 36.8 Å². The monoisotopic (exact) mass is 525 g/mol. The van der Waals surface area contributed by atoms with E-state index < -0.39 is 0 Å². The van der Waals surface area contributed by atoms with Crippen molar-refractivity contribution < 1.29 is 4.79 Å². The first-order valence-corrected chi connectivity index (χ1v) is 12.7. The summed E-state index contributed by atoms with van der Waals surface area (Å²) in [5, 5.41) is 11.6. The number of nitrogens with one attached hydrogen (secondary N) is 3. The quantitative estimate of drug-likeness (QED) is 0.272. The van der Waals surface area contributed by atoms with Crippen molar-refractivity contribution in [2.24, 2.45) is 0 Å². The summed E-state index contributed by atoms with van der Waals surface area (Å²) >= 11 is 0. The average molecular weight is 526 g/mol. The predicted molar refractivity (Wildman–Crippen MR) is 153 cm³/mol. The van der Waals surface area contributed by atoms with E-state index in [0.717, 1.165) is 50.1 Å². The Hall–Kier alpha value is -5.64. The standard InChI is InChI=1S/C30H23N9O/c1-18-16-39(17-33-18)27-15-32-14-26-22(27)11-25(35-26)30-29-24(37-38-30)8-7-23(36-29)20-10-21(13-31-12-20)34-28(40)9-19-5-3-2-4-6-19/h2-8,10-17,35H,9H2,1H3,(H,34,40)(H,37,38). The van der Waals surface area contributed by atoms with Gasteiger partial charge in [0.15, 0.2) is 0 Å². The van der Waals surface area contributed by atoms with Crippen LogP contribution in [0.3, 0.4) is 0 Å². The van der Waals surface area contributed by atoms with Gasteiger partial charge in [0.2, 0.25) is 5.91 Å². The zero-order chi connectivity index (χ0) is 27.1. The number of hydrogen-bond donors (Lipinski definition) is 3.